The van der Waals surface area contributed by atoms with Crippen LogP contribution < -0.4 is 21.7 Å². The summed E-state index contributed by atoms with van der Waals surface area (Å²) in [4.78, 5) is 68.7. The Kier molecular flexibility index (Phi) is 11.7. The van der Waals surface area contributed by atoms with Crippen molar-refractivity contribution in [1.82, 2.24) is 16.0 Å². The molecule has 13 heteroatoms. The highest BCUT2D eigenvalue weighted by molar-refractivity contribution is 5.94. The second kappa shape index (κ2) is 13.1. The lowest BCUT2D eigenvalue weighted by atomic mass is 10.0. The molecule has 3 amide bonds. The quantitative estimate of drug-likeness (QED) is 0.158. The first kappa shape index (κ1) is 26.8. The fourth-order valence-corrected chi connectivity index (χ4v) is 2.30. The van der Waals surface area contributed by atoms with Gasteiger partial charge in [-0.05, 0) is 18.8 Å². The highest BCUT2D eigenvalue weighted by Gasteiger charge is 2.27. The largest absolute Gasteiger partial charge is 0.481 e. The summed E-state index contributed by atoms with van der Waals surface area (Å²) in [6, 6.07) is -4.00. The number of rotatable bonds is 14. The molecule has 0 saturated carbocycles. The Hall–Kier alpha value is -3.22. The first-order valence-electron chi connectivity index (χ1n) is 9.12. The topological polar surface area (TPSA) is 225 Å². The molecule has 170 valence electrons. The number of aliphatic carboxylic acids is 3. The van der Waals surface area contributed by atoms with E-state index in [4.69, 9.17) is 21.1 Å². The van der Waals surface area contributed by atoms with E-state index >= 15 is 0 Å². The van der Waals surface area contributed by atoms with Crippen LogP contribution in [0.4, 0.5) is 0 Å². The van der Waals surface area contributed by atoms with Crippen LogP contribution >= 0.6 is 0 Å². The Balaban J connectivity index is 4.85. The minimum Gasteiger partial charge on any atom is -0.481 e. The molecule has 0 saturated heterocycles. The number of nitrogens with two attached hydrogens (primary N) is 1. The minimum atomic E-state index is -1.57. The van der Waals surface area contributed by atoms with E-state index in [1.807, 2.05) is 0 Å². The third kappa shape index (κ3) is 11.6. The van der Waals surface area contributed by atoms with E-state index in [-0.39, 0.29) is 18.8 Å². The van der Waals surface area contributed by atoms with E-state index in [9.17, 15) is 28.8 Å². The van der Waals surface area contributed by atoms with Gasteiger partial charge in [-0.3, -0.25) is 24.0 Å². The zero-order valence-electron chi connectivity index (χ0n) is 16.7. The maximum atomic E-state index is 12.2. The fraction of sp³-hybridized carbons (Fsp3) is 0.647. The average Bonchev–Trinajstić information content (AvgIpc) is 2.61. The minimum absolute atomic E-state index is 0.0125. The van der Waals surface area contributed by atoms with E-state index in [0.717, 1.165) is 0 Å². The van der Waals surface area contributed by atoms with Crippen molar-refractivity contribution in [3.8, 4) is 0 Å². The zero-order valence-corrected chi connectivity index (χ0v) is 16.7. The lowest BCUT2D eigenvalue weighted by molar-refractivity contribution is -0.143. The number of hydrogen-bond acceptors (Lipinski definition) is 7. The van der Waals surface area contributed by atoms with Crippen LogP contribution in [-0.2, 0) is 28.8 Å². The van der Waals surface area contributed by atoms with Crippen molar-refractivity contribution in [2.24, 2.45) is 11.7 Å². The van der Waals surface area contributed by atoms with Gasteiger partial charge in [0.05, 0.1) is 19.0 Å². The highest BCUT2D eigenvalue weighted by Crippen LogP contribution is 2.04. The molecule has 3 unspecified atom stereocenters. The Bertz CT molecular complexity index is 666. The van der Waals surface area contributed by atoms with Crippen molar-refractivity contribution in [2.75, 3.05) is 6.54 Å². The molecular formula is C17H28N4O9. The molecule has 3 atom stereocenters. The summed E-state index contributed by atoms with van der Waals surface area (Å²) in [6.07, 6.45) is -1.26. The van der Waals surface area contributed by atoms with Crippen molar-refractivity contribution in [2.45, 2.75) is 57.7 Å². The molecule has 0 bridgehead atoms. The molecule has 0 fully saturated rings. The number of carbonyl (C=O) groups is 6. The maximum absolute atomic E-state index is 12.2. The van der Waals surface area contributed by atoms with E-state index in [0.29, 0.717) is 0 Å². The molecule has 30 heavy (non-hydrogen) atoms. The summed E-state index contributed by atoms with van der Waals surface area (Å²) in [5, 5.41) is 33.1. The van der Waals surface area contributed by atoms with E-state index < -0.39 is 73.1 Å². The summed E-state index contributed by atoms with van der Waals surface area (Å²) < 4.78 is 0. The smallest absolute Gasteiger partial charge is 0.326 e. The van der Waals surface area contributed by atoms with Gasteiger partial charge in [-0.25, -0.2) is 4.79 Å². The van der Waals surface area contributed by atoms with Crippen molar-refractivity contribution in [1.29, 1.82) is 0 Å². The second-order valence-corrected chi connectivity index (χ2v) is 7.00. The summed E-state index contributed by atoms with van der Waals surface area (Å²) in [6.45, 7) is 2.90. The Morgan fingerprint density at radius 1 is 0.867 bits per heavy atom. The number of nitrogens with one attached hydrogen (secondary N) is 3. The molecule has 0 aromatic carbocycles. The standard InChI is InChI=1S/C17H28N4O9/c1-8(2)5-11(17(29)30)20-12(22)7-19-16(28)10(6-14(25)26)21-15(27)9(18)3-4-13(23)24/h8-11H,3-7,18H2,1-2H3,(H,19,28)(H,20,22)(H,21,27)(H,23,24)(H,25,26)(H,29,30). The first-order valence-corrected chi connectivity index (χ1v) is 9.12. The lowest BCUT2D eigenvalue weighted by Gasteiger charge is -2.20. The van der Waals surface area contributed by atoms with Gasteiger partial charge < -0.3 is 37.0 Å². The van der Waals surface area contributed by atoms with Crippen LogP contribution in [0.15, 0.2) is 0 Å². The van der Waals surface area contributed by atoms with Gasteiger partial charge in [0.2, 0.25) is 17.7 Å². The highest BCUT2D eigenvalue weighted by atomic mass is 16.4. The summed E-state index contributed by atoms with van der Waals surface area (Å²) >= 11 is 0. The lowest BCUT2D eigenvalue weighted by Crippen LogP contribution is -2.54. The molecular weight excluding hydrogens is 404 g/mol. The van der Waals surface area contributed by atoms with Crippen molar-refractivity contribution in [3.05, 3.63) is 0 Å². The third-order valence-corrected chi connectivity index (χ3v) is 3.78. The van der Waals surface area contributed by atoms with E-state index in [2.05, 4.69) is 16.0 Å². The van der Waals surface area contributed by atoms with Gasteiger partial charge >= 0.3 is 17.9 Å². The molecule has 0 rings (SSSR count). The van der Waals surface area contributed by atoms with Gasteiger partial charge in [0.15, 0.2) is 0 Å². The monoisotopic (exact) mass is 432 g/mol. The van der Waals surface area contributed by atoms with Crippen LogP contribution in [0, 0.1) is 5.92 Å². The van der Waals surface area contributed by atoms with E-state index in [1.165, 1.54) is 0 Å². The number of hydrogen-bond donors (Lipinski definition) is 7. The van der Waals surface area contributed by atoms with Crippen LogP contribution in [0.3, 0.4) is 0 Å². The molecule has 8 N–H and O–H groups in total. The number of carbonyl (C=O) groups excluding carboxylic acids is 3. The van der Waals surface area contributed by atoms with Crippen LogP contribution in [0.5, 0.6) is 0 Å². The zero-order chi connectivity index (χ0) is 23.4. The van der Waals surface area contributed by atoms with Gasteiger partial charge in [-0.1, -0.05) is 13.8 Å². The van der Waals surface area contributed by atoms with Crippen molar-refractivity contribution >= 4 is 35.6 Å². The molecule has 0 spiro atoms. The molecule has 0 heterocycles. The summed E-state index contributed by atoms with van der Waals surface area (Å²) in [5.41, 5.74) is 5.52. The normalized spacial score (nSPS) is 13.6. The second-order valence-electron chi connectivity index (χ2n) is 7.00. The molecule has 0 radical (unpaired) electrons. The van der Waals surface area contributed by atoms with Crippen LogP contribution in [0.25, 0.3) is 0 Å². The number of carboxylic acids is 3. The van der Waals surface area contributed by atoms with Gasteiger partial charge in [0, 0.05) is 6.42 Å². The molecule has 0 aliphatic rings. The SMILES string of the molecule is CC(C)CC(NC(=O)CNC(=O)C(CC(=O)O)NC(=O)C(N)CCC(=O)O)C(=O)O. The molecule has 0 aromatic rings. The molecule has 13 nitrogen and oxygen atoms in total. The van der Waals surface area contributed by atoms with Crippen LogP contribution in [0.1, 0.15) is 39.5 Å². The van der Waals surface area contributed by atoms with Crippen molar-refractivity contribution in [3.63, 3.8) is 0 Å². The van der Waals surface area contributed by atoms with Gasteiger partial charge in [0.25, 0.3) is 0 Å². The van der Waals surface area contributed by atoms with Gasteiger partial charge in [-0.2, -0.15) is 0 Å². The number of amides is 3. The molecule has 0 aromatic heterocycles. The predicted octanol–water partition coefficient (Wildman–Crippen LogP) is -2.13. The van der Waals surface area contributed by atoms with Crippen molar-refractivity contribution < 1.29 is 44.1 Å². The predicted molar refractivity (Wildman–Crippen MR) is 101 cm³/mol. The fourth-order valence-electron chi connectivity index (χ4n) is 2.30. The third-order valence-electron chi connectivity index (χ3n) is 3.78. The molecule has 0 aliphatic carbocycles. The Labute approximate surface area is 172 Å². The van der Waals surface area contributed by atoms with Crippen LogP contribution in [-0.4, -0.2) is 75.6 Å². The summed E-state index contributed by atoms with van der Waals surface area (Å²) in [7, 11) is 0. The van der Waals surface area contributed by atoms with Gasteiger partial charge in [-0.15, -0.1) is 0 Å². The van der Waals surface area contributed by atoms with Crippen LogP contribution in [0.2, 0.25) is 0 Å². The van der Waals surface area contributed by atoms with E-state index in [1.54, 1.807) is 13.8 Å². The van der Waals surface area contributed by atoms with Gasteiger partial charge in [0.1, 0.15) is 12.1 Å². The molecule has 0 aliphatic heterocycles. The number of carboxylic acid groups (broad SMARTS) is 3. The first-order chi connectivity index (χ1) is 13.8. The maximum Gasteiger partial charge on any atom is 0.326 e. The summed E-state index contributed by atoms with van der Waals surface area (Å²) in [5.74, 6) is -6.58. The Morgan fingerprint density at radius 2 is 1.47 bits per heavy atom. The average molecular weight is 432 g/mol. The Morgan fingerprint density at radius 3 is 1.93 bits per heavy atom.